The summed E-state index contributed by atoms with van der Waals surface area (Å²) < 4.78 is 22.3. The Hall–Kier alpha value is -1.45. The molecule has 23 heavy (non-hydrogen) atoms. The van der Waals surface area contributed by atoms with Crippen LogP contribution in [0.1, 0.15) is 71.1 Å². The van der Waals surface area contributed by atoms with Gasteiger partial charge in [-0.3, -0.25) is 0 Å². The summed E-state index contributed by atoms with van der Waals surface area (Å²) in [5.41, 5.74) is 0. The third-order valence-corrected chi connectivity index (χ3v) is 3.91. The summed E-state index contributed by atoms with van der Waals surface area (Å²) in [6, 6.07) is 4.66. The minimum atomic E-state index is -0.952. The molecule has 4 heteroatoms. The molecule has 0 aliphatic carbocycles. The smallest absolute Gasteiger partial charge is 0.228 e. The maximum atomic E-state index is 12.0. The number of rotatable bonds is 14. The van der Waals surface area contributed by atoms with Crippen molar-refractivity contribution in [1.82, 2.24) is 0 Å². The van der Waals surface area contributed by atoms with Crippen LogP contribution >= 0.6 is 0 Å². The molecule has 0 saturated heterocycles. The molecule has 0 saturated carbocycles. The van der Waals surface area contributed by atoms with Gasteiger partial charge in [0.05, 0.1) is 6.61 Å². The second-order valence-electron chi connectivity index (χ2n) is 5.91. The van der Waals surface area contributed by atoms with Gasteiger partial charge in [0.25, 0.3) is 0 Å². The predicted molar refractivity (Wildman–Crippen MR) is 92.0 cm³/mol. The molecule has 0 aliphatic heterocycles. The molecular formula is C19H31FO3. The van der Waals surface area contributed by atoms with Gasteiger partial charge in [0.15, 0.2) is 11.5 Å². The number of ether oxygens (including phenoxy) is 2. The number of aromatic hydroxyl groups is 1. The van der Waals surface area contributed by atoms with Crippen LogP contribution in [-0.4, -0.2) is 18.6 Å². The van der Waals surface area contributed by atoms with Crippen LogP contribution in [-0.2, 0) is 0 Å². The van der Waals surface area contributed by atoms with E-state index in [1.54, 1.807) is 6.07 Å². The van der Waals surface area contributed by atoms with E-state index in [1.807, 2.05) is 0 Å². The maximum absolute atomic E-state index is 12.0. The average Bonchev–Trinajstić information content (AvgIpc) is 2.55. The fourth-order valence-electron chi connectivity index (χ4n) is 2.55. The van der Waals surface area contributed by atoms with Crippen molar-refractivity contribution in [3.05, 3.63) is 18.2 Å². The van der Waals surface area contributed by atoms with Gasteiger partial charge < -0.3 is 14.6 Å². The lowest BCUT2D eigenvalue weighted by atomic mass is 10.1. The zero-order chi connectivity index (χ0) is 16.8. The highest BCUT2D eigenvalue weighted by Gasteiger charge is 2.04. The second-order valence-corrected chi connectivity index (χ2v) is 5.91. The first-order valence-corrected chi connectivity index (χ1v) is 8.92. The molecule has 0 heterocycles. The molecule has 0 spiro atoms. The lowest BCUT2D eigenvalue weighted by Gasteiger charge is -2.09. The molecule has 0 aliphatic rings. The molecule has 1 rings (SSSR count). The van der Waals surface area contributed by atoms with Crippen LogP contribution in [0.5, 0.6) is 17.2 Å². The van der Waals surface area contributed by atoms with E-state index in [1.165, 1.54) is 69.9 Å². The summed E-state index contributed by atoms with van der Waals surface area (Å²) in [4.78, 5) is 0. The highest BCUT2D eigenvalue weighted by molar-refractivity contribution is 5.44. The lowest BCUT2D eigenvalue weighted by Crippen LogP contribution is -1.98. The van der Waals surface area contributed by atoms with Gasteiger partial charge in [0.2, 0.25) is 6.86 Å². The molecule has 3 nitrogen and oxygen atoms in total. The van der Waals surface area contributed by atoms with E-state index in [0.29, 0.717) is 12.4 Å². The van der Waals surface area contributed by atoms with E-state index < -0.39 is 6.86 Å². The van der Waals surface area contributed by atoms with Gasteiger partial charge in [-0.25, -0.2) is 4.39 Å². The molecule has 1 aromatic carbocycles. The van der Waals surface area contributed by atoms with Crippen LogP contribution in [0.4, 0.5) is 4.39 Å². The Kier molecular flexibility index (Phi) is 11.1. The molecule has 0 bridgehead atoms. The number of benzene rings is 1. The highest BCUT2D eigenvalue weighted by Crippen LogP contribution is 2.30. The van der Waals surface area contributed by atoms with Gasteiger partial charge in [-0.05, 0) is 18.6 Å². The number of unbranched alkanes of at least 4 members (excludes halogenated alkanes) is 9. The third kappa shape index (κ3) is 9.32. The van der Waals surface area contributed by atoms with Crippen LogP contribution in [0.25, 0.3) is 0 Å². The Morgan fingerprint density at radius 3 is 2.04 bits per heavy atom. The minimum Gasteiger partial charge on any atom is -0.504 e. The van der Waals surface area contributed by atoms with E-state index in [9.17, 15) is 9.50 Å². The number of phenolic OH excluding ortho intramolecular Hbond substituents is 1. The van der Waals surface area contributed by atoms with Gasteiger partial charge in [-0.1, -0.05) is 64.7 Å². The zero-order valence-electron chi connectivity index (χ0n) is 14.4. The van der Waals surface area contributed by atoms with Crippen molar-refractivity contribution in [2.45, 2.75) is 71.1 Å². The fraction of sp³-hybridized carbons (Fsp3) is 0.684. The molecule has 0 fully saturated rings. The molecule has 0 atom stereocenters. The highest BCUT2D eigenvalue weighted by atomic mass is 19.1. The summed E-state index contributed by atoms with van der Waals surface area (Å²) in [7, 11) is 0. The monoisotopic (exact) mass is 326 g/mol. The van der Waals surface area contributed by atoms with Gasteiger partial charge in [0, 0.05) is 6.07 Å². The van der Waals surface area contributed by atoms with Gasteiger partial charge in [0.1, 0.15) is 5.75 Å². The van der Waals surface area contributed by atoms with E-state index >= 15 is 0 Å². The van der Waals surface area contributed by atoms with Crippen molar-refractivity contribution < 1.29 is 19.0 Å². The topological polar surface area (TPSA) is 38.7 Å². The normalized spacial score (nSPS) is 10.7. The molecule has 0 aromatic heterocycles. The van der Waals surface area contributed by atoms with Crippen LogP contribution < -0.4 is 9.47 Å². The van der Waals surface area contributed by atoms with Gasteiger partial charge in [-0.15, -0.1) is 0 Å². The van der Waals surface area contributed by atoms with Crippen molar-refractivity contribution in [3.8, 4) is 17.2 Å². The first kappa shape index (κ1) is 19.6. The quantitative estimate of drug-likeness (QED) is 0.426. The molecule has 0 amide bonds. The fourth-order valence-corrected chi connectivity index (χ4v) is 2.55. The first-order chi connectivity index (χ1) is 11.3. The van der Waals surface area contributed by atoms with Crippen LogP contribution in [0.15, 0.2) is 18.2 Å². The summed E-state index contributed by atoms with van der Waals surface area (Å²) >= 11 is 0. The van der Waals surface area contributed by atoms with Gasteiger partial charge >= 0.3 is 0 Å². The molecule has 132 valence electrons. The second kappa shape index (κ2) is 13.0. The average molecular weight is 326 g/mol. The van der Waals surface area contributed by atoms with Crippen molar-refractivity contribution in [3.63, 3.8) is 0 Å². The number of hydrogen-bond donors (Lipinski definition) is 1. The van der Waals surface area contributed by atoms with Crippen LogP contribution in [0, 0.1) is 0 Å². The molecule has 1 N–H and O–H groups in total. The Bertz CT molecular complexity index is 410. The molecule has 1 aromatic rings. The summed E-state index contributed by atoms with van der Waals surface area (Å²) in [6.07, 6.45) is 12.9. The first-order valence-electron chi connectivity index (χ1n) is 8.92. The predicted octanol–water partition coefficient (Wildman–Crippen LogP) is 6.00. The summed E-state index contributed by atoms with van der Waals surface area (Å²) in [6.45, 7) is 1.93. The Balaban J connectivity index is 1.99. The Morgan fingerprint density at radius 1 is 0.870 bits per heavy atom. The van der Waals surface area contributed by atoms with Crippen LogP contribution in [0.3, 0.4) is 0 Å². The van der Waals surface area contributed by atoms with E-state index in [0.717, 1.165) is 6.42 Å². The van der Waals surface area contributed by atoms with Gasteiger partial charge in [-0.2, -0.15) is 0 Å². The summed E-state index contributed by atoms with van der Waals surface area (Å²) in [5.74, 6) is 0.631. The van der Waals surface area contributed by atoms with Crippen molar-refractivity contribution in [2.24, 2.45) is 0 Å². The van der Waals surface area contributed by atoms with Crippen molar-refractivity contribution in [2.75, 3.05) is 13.5 Å². The number of halogens is 1. The number of phenols is 1. The number of hydrogen-bond acceptors (Lipinski definition) is 3. The van der Waals surface area contributed by atoms with Crippen molar-refractivity contribution in [1.29, 1.82) is 0 Å². The number of alkyl halides is 1. The SMILES string of the molecule is CCCCCCCCCCCCOc1ccc(OCF)c(O)c1. The Labute approximate surface area is 139 Å². The molecule has 0 unspecified atom stereocenters. The van der Waals surface area contributed by atoms with Crippen molar-refractivity contribution >= 4 is 0 Å². The van der Waals surface area contributed by atoms with E-state index in [4.69, 9.17) is 4.74 Å². The van der Waals surface area contributed by atoms with E-state index in [2.05, 4.69) is 11.7 Å². The zero-order valence-corrected chi connectivity index (χ0v) is 14.4. The largest absolute Gasteiger partial charge is 0.504 e. The summed E-state index contributed by atoms with van der Waals surface area (Å²) in [5, 5.41) is 9.63. The lowest BCUT2D eigenvalue weighted by molar-refractivity contribution is 0.185. The minimum absolute atomic E-state index is 0.0942. The van der Waals surface area contributed by atoms with Crippen LogP contribution in [0.2, 0.25) is 0 Å². The standard InChI is InChI=1S/C19H31FO3/c1-2-3-4-5-6-7-8-9-10-11-14-22-17-12-13-19(23-16-20)18(21)15-17/h12-13,15,21H,2-11,14,16H2,1H3. The molecule has 0 radical (unpaired) electrons. The Morgan fingerprint density at radius 2 is 1.48 bits per heavy atom. The third-order valence-electron chi connectivity index (χ3n) is 3.91. The van der Waals surface area contributed by atoms with E-state index in [-0.39, 0.29) is 11.5 Å². The maximum Gasteiger partial charge on any atom is 0.228 e. The molecular weight excluding hydrogens is 295 g/mol.